The second kappa shape index (κ2) is 12.4. The maximum atomic E-state index is 13.8. The minimum Gasteiger partial charge on any atom is -0.378 e. The molecule has 45 heavy (non-hydrogen) atoms. The molecule has 3 N–H and O–H groups in total. The van der Waals surface area contributed by atoms with Gasteiger partial charge >= 0.3 is 6.18 Å². The van der Waals surface area contributed by atoms with E-state index in [9.17, 15) is 32.3 Å². The molecule has 1 heterocycles. The first-order valence-corrected chi connectivity index (χ1v) is 13.4. The first-order chi connectivity index (χ1) is 21.1. The zero-order valence-corrected chi connectivity index (χ0v) is 24.3. The summed E-state index contributed by atoms with van der Waals surface area (Å²) in [6.45, 7) is 3.16. The number of benzene rings is 3. The molecule has 9 nitrogen and oxygen atoms in total. The van der Waals surface area contributed by atoms with Crippen molar-refractivity contribution in [2.24, 2.45) is 0 Å². The smallest absolute Gasteiger partial charge is 0.378 e. The number of halogens is 4. The van der Waals surface area contributed by atoms with Crippen molar-refractivity contribution in [2.45, 2.75) is 44.7 Å². The highest BCUT2D eigenvalue weighted by Gasteiger charge is 2.41. The summed E-state index contributed by atoms with van der Waals surface area (Å²) in [5.41, 5.74) is -4.49. The van der Waals surface area contributed by atoms with Crippen LogP contribution in [0.15, 0.2) is 66.9 Å². The van der Waals surface area contributed by atoms with Crippen LogP contribution in [0.3, 0.4) is 0 Å². The number of aliphatic hydroxyl groups is 1. The summed E-state index contributed by atoms with van der Waals surface area (Å²) in [7, 11) is 0. The number of amides is 2. The van der Waals surface area contributed by atoms with Gasteiger partial charge in [-0.05, 0) is 87.0 Å². The van der Waals surface area contributed by atoms with Crippen LogP contribution in [0.25, 0.3) is 10.9 Å². The van der Waals surface area contributed by atoms with Crippen molar-refractivity contribution in [3.05, 3.63) is 94.9 Å². The van der Waals surface area contributed by atoms with Gasteiger partial charge in [0.05, 0.1) is 42.0 Å². The maximum Gasteiger partial charge on any atom is 0.417 e. The van der Waals surface area contributed by atoms with Crippen molar-refractivity contribution < 1.29 is 37.0 Å². The van der Waals surface area contributed by atoms with Crippen LogP contribution in [0.2, 0.25) is 0 Å². The average molecular weight is 622 g/mol. The number of hydrogen-bond donors (Lipinski definition) is 3. The normalized spacial score (nSPS) is 14.1. The quantitative estimate of drug-likeness (QED) is 0.206. The van der Waals surface area contributed by atoms with Crippen molar-refractivity contribution in [1.29, 1.82) is 10.5 Å². The lowest BCUT2D eigenvalue weighted by Crippen LogP contribution is -2.52. The fourth-order valence-corrected chi connectivity index (χ4v) is 4.53. The van der Waals surface area contributed by atoms with Crippen LogP contribution >= 0.6 is 0 Å². The standard InChI is InChI=1S/C32H27F4N5O4/c1-19-12-24(7-4-21(19)15-37)39-28(42)30(2,44)18-45-31(3,17-41-11-10-20-13-23(33)6-9-27(20)41)29(43)40-25-8-5-22(16-38)26(14-25)32(34,35)36/h4-14,44H,17-18H2,1-3H3,(H,39,42)(H,40,43)/t30?,31-/m0/s1. The summed E-state index contributed by atoms with van der Waals surface area (Å²) in [5, 5.41) is 34.7. The number of aromatic nitrogens is 1. The number of rotatable bonds is 9. The van der Waals surface area contributed by atoms with E-state index in [-0.39, 0.29) is 12.2 Å². The second-order valence-electron chi connectivity index (χ2n) is 10.9. The van der Waals surface area contributed by atoms with E-state index in [4.69, 9.17) is 15.3 Å². The number of nitriles is 2. The number of fused-ring (bicyclic) bond motifs is 1. The molecular formula is C32H27F4N5O4. The number of anilines is 2. The van der Waals surface area contributed by atoms with Crippen molar-refractivity contribution in [1.82, 2.24) is 4.57 Å². The number of carbonyl (C=O) groups is 2. The van der Waals surface area contributed by atoms with Gasteiger partial charge in [0.2, 0.25) is 0 Å². The largest absolute Gasteiger partial charge is 0.417 e. The predicted octanol–water partition coefficient (Wildman–Crippen LogP) is 5.65. The number of aryl methyl sites for hydroxylation is 1. The third-order valence-electron chi connectivity index (χ3n) is 7.15. The van der Waals surface area contributed by atoms with E-state index in [1.165, 1.54) is 49.4 Å². The molecule has 0 saturated carbocycles. The summed E-state index contributed by atoms with van der Waals surface area (Å²) in [6, 6.07) is 16.2. The molecular weight excluding hydrogens is 594 g/mol. The Morgan fingerprint density at radius 1 is 0.911 bits per heavy atom. The monoisotopic (exact) mass is 621 g/mol. The van der Waals surface area contributed by atoms with Crippen LogP contribution in [-0.4, -0.2) is 39.3 Å². The van der Waals surface area contributed by atoms with Crippen LogP contribution in [-0.2, 0) is 27.0 Å². The van der Waals surface area contributed by atoms with Gasteiger partial charge in [0.25, 0.3) is 11.8 Å². The molecule has 0 aliphatic heterocycles. The maximum absolute atomic E-state index is 13.8. The van der Waals surface area contributed by atoms with Crippen LogP contribution < -0.4 is 10.6 Å². The van der Waals surface area contributed by atoms with E-state index in [1.54, 1.807) is 23.8 Å². The van der Waals surface area contributed by atoms with Crippen LogP contribution in [0.5, 0.6) is 0 Å². The molecule has 2 atom stereocenters. The first kappa shape index (κ1) is 32.7. The van der Waals surface area contributed by atoms with Gasteiger partial charge < -0.3 is 25.0 Å². The lowest BCUT2D eigenvalue weighted by atomic mass is 10.0. The van der Waals surface area contributed by atoms with E-state index < -0.39 is 52.7 Å². The highest BCUT2D eigenvalue weighted by molar-refractivity contribution is 5.98. The highest BCUT2D eigenvalue weighted by Crippen LogP contribution is 2.34. The van der Waals surface area contributed by atoms with E-state index in [2.05, 4.69) is 10.6 Å². The molecule has 0 bridgehead atoms. The Balaban J connectivity index is 1.62. The van der Waals surface area contributed by atoms with Gasteiger partial charge in [-0.1, -0.05) is 0 Å². The number of nitrogens with one attached hydrogen (secondary N) is 2. The fraction of sp³-hybridized carbons (Fsp3) is 0.250. The molecule has 0 spiro atoms. The SMILES string of the molecule is Cc1cc(NC(=O)C(C)(O)CO[C@@](C)(Cn2ccc3cc(F)ccc32)C(=O)Nc2ccc(C#N)c(C(F)(F)F)c2)ccc1C#N. The number of nitrogens with zero attached hydrogens (tertiary/aromatic N) is 3. The van der Waals surface area contributed by atoms with Crippen molar-refractivity contribution in [2.75, 3.05) is 17.2 Å². The second-order valence-corrected chi connectivity index (χ2v) is 10.9. The molecule has 1 aromatic heterocycles. The van der Waals surface area contributed by atoms with Gasteiger partial charge in [-0.2, -0.15) is 23.7 Å². The summed E-state index contributed by atoms with van der Waals surface area (Å²) >= 11 is 0. The topological polar surface area (TPSA) is 140 Å². The van der Waals surface area contributed by atoms with Gasteiger partial charge in [0.15, 0.2) is 11.2 Å². The summed E-state index contributed by atoms with van der Waals surface area (Å²) < 4.78 is 61.9. The lowest BCUT2D eigenvalue weighted by Gasteiger charge is -2.33. The molecule has 0 saturated heterocycles. The Labute approximate surface area is 255 Å². The minimum absolute atomic E-state index is 0.261. The number of hydrogen-bond acceptors (Lipinski definition) is 6. The van der Waals surface area contributed by atoms with E-state index in [0.717, 1.165) is 19.1 Å². The Morgan fingerprint density at radius 3 is 2.16 bits per heavy atom. The summed E-state index contributed by atoms with van der Waals surface area (Å²) in [5.74, 6) is -2.31. The third kappa shape index (κ3) is 7.29. The molecule has 4 rings (SSSR count). The van der Waals surface area contributed by atoms with Crippen LogP contribution in [0, 0.1) is 35.4 Å². The van der Waals surface area contributed by atoms with Gasteiger partial charge in [-0.3, -0.25) is 9.59 Å². The molecule has 3 aromatic carbocycles. The molecule has 0 aliphatic carbocycles. The zero-order chi connectivity index (χ0) is 33.2. The average Bonchev–Trinajstić information content (AvgIpc) is 3.36. The molecule has 0 fully saturated rings. The lowest BCUT2D eigenvalue weighted by molar-refractivity contribution is -0.159. The summed E-state index contributed by atoms with van der Waals surface area (Å²) in [4.78, 5) is 26.7. The molecule has 13 heteroatoms. The van der Waals surface area contributed by atoms with Gasteiger partial charge in [-0.15, -0.1) is 0 Å². The minimum atomic E-state index is -4.87. The Hall–Kier alpha value is -5.24. The fourth-order valence-electron chi connectivity index (χ4n) is 4.53. The van der Waals surface area contributed by atoms with E-state index in [1.807, 2.05) is 6.07 Å². The van der Waals surface area contributed by atoms with Gasteiger partial charge in [-0.25, -0.2) is 4.39 Å². The molecule has 0 radical (unpaired) electrons. The van der Waals surface area contributed by atoms with E-state index >= 15 is 0 Å². The van der Waals surface area contributed by atoms with Crippen molar-refractivity contribution in [3.8, 4) is 12.1 Å². The van der Waals surface area contributed by atoms with Crippen LogP contribution in [0.4, 0.5) is 28.9 Å². The Kier molecular flexibility index (Phi) is 9.00. The van der Waals surface area contributed by atoms with Gasteiger partial charge in [0.1, 0.15) is 5.82 Å². The highest BCUT2D eigenvalue weighted by atomic mass is 19.4. The molecule has 1 unspecified atom stereocenters. The van der Waals surface area contributed by atoms with E-state index in [0.29, 0.717) is 33.8 Å². The van der Waals surface area contributed by atoms with Gasteiger partial charge in [0, 0.05) is 28.5 Å². The molecule has 2 amide bonds. The van der Waals surface area contributed by atoms with Crippen molar-refractivity contribution >= 4 is 34.1 Å². The van der Waals surface area contributed by atoms with Crippen molar-refractivity contribution in [3.63, 3.8) is 0 Å². The molecule has 0 aliphatic rings. The number of carbonyl (C=O) groups excluding carboxylic acids is 2. The summed E-state index contributed by atoms with van der Waals surface area (Å²) in [6.07, 6.45) is -3.31. The first-order valence-electron chi connectivity index (χ1n) is 13.4. The third-order valence-corrected chi connectivity index (χ3v) is 7.15. The number of ether oxygens (including phenoxy) is 1. The molecule has 4 aromatic rings. The zero-order valence-electron chi connectivity index (χ0n) is 24.3. The van der Waals surface area contributed by atoms with Crippen LogP contribution in [0.1, 0.15) is 36.1 Å². The molecule has 232 valence electrons. The number of alkyl halides is 3. The predicted molar refractivity (Wildman–Crippen MR) is 156 cm³/mol. The Bertz CT molecular complexity index is 1870. The Morgan fingerprint density at radius 2 is 1.53 bits per heavy atom.